The normalized spacial score (nSPS) is 13.8. The van der Waals surface area contributed by atoms with E-state index in [0.717, 1.165) is 11.6 Å². The summed E-state index contributed by atoms with van der Waals surface area (Å²) in [5, 5.41) is 0. The lowest BCUT2D eigenvalue weighted by atomic mass is 10.0. The fraction of sp³-hybridized carbons (Fsp3) is 0.267. The SMILES string of the molecule is CCC(N)C(Oc1cc(Br)cc(F)c1F)c1ccncc1. The van der Waals surface area contributed by atoms with E-state index >= 15 is 0 Å². The number of benzene rings is 1. The minimum absolute atomic E-state index is 0.174. The molecular weight excluding hydrogens is 342 g/mol. The lowest BCUT2D eigenvalue weighted by Gasteiger charge is -2.25. The molecule has 0 spiro atoms. The molecule has 0 aliphatic heterocycles. The number of ether oxygens (including phenoxy) is 1. The van der Waals surface area contributed by atoms with Crippen LogP contribution in [0.3, 0.4) is 0 Å². The van der Waals surface area contributed by atoms with E-state index in [2.05, 4.69) is 20.9 Å². The zero-order valence-electron chi connectivity index (χ0n) is 11.4. The average Bonchev–Trinajstić information content (AvgIpc) is 2.49. The van der Waals surface area contributed by atoms with Gasteiger partial charge in [0.2, 0.25) is 5.82 Å². The third kappa shape index (κ3) is 3.77. The molecule has 0 aliphatic carbocycles. The standard InChI is InChI=1S/C15H15BrF2N2O/c1-2-12(19)15(9-3-5-20-6-4-9)21-13-8-10(16)7-11(17)14(13)18/h3-8,12,15H,2,19H2,1H3. The lowest BCUT2D eigenvalue weighted by molar-refractivity contribution is 0.161. The van der Waals surface area contributed by atoms with Gasteiger partial charge in [0, 0.05) is 22.9 Å². The summed E-state index contributed by atoms with van der Waals surface area (Å²) in [7, 11) is 0. The van der Waals surface area contributed by atoms with Gasteiger partial charge in [-0.2, -0.15) is 4.39 Å². The molecule has 1 aromatic carbocycles. The molecule has 2 unspecified atom stereocenters. The summed E-state index contributed by atoms with van der Waals surface area (Å²) in [6.07, 6.45) is 3.25. The maximum absolute atomic E-state index is 13.9. The highest BCUT2D eigenvalue weighted by Gasteiger charge is 2.23. The van der Waals surface area contributed by atoms with Crippen LogP contribution in [0.4, 0.5) is 8.78 Å². The van der Waals surface area contributed by atoms with E-state index in [0.29, 0.717) is 10.9 Å². The molecule has 2 N–H and O–H groups in total. The van der Waals surface area contributed by atoms with Crippen LogP contribution in [0.15, 0.2) is 41.1 Å². The van der Waals surface area contributed by atoms with Crippen molar-refractivity contribution in [2.75, 3.05) is 0 Å². The number of halogens is 3. The van der Waals surface area contributed by atoms with Crippen molar-refractivity contribution >= 4 is 15.9 Å². The van der Waals surface area contributed by atoms with E-state index in [4.69, 9.17) is 10.5 Å². The molecular formula is C15H15BrF2N2O. The molecule has 1 aromatic heterocycles. The van der Waals surface area contributed by atoms with Gasteiger partial charge in [-0.05, 0) is 36.2 Å². The highest BCUT2D eigenvalue weighted by Crippen LogP contribution is 2.31. The smallest absolute Gasteiger partial charge is 0.200 e. The molecule has 0 aliphatic rings. The quantitative estimate of drug-likeness (QED) is 0.824. The van der Waals surface area contributed by atoms with Crippen LogP contribution in [0.5, 0.6) is 5.75 Å². The summed E-state index contributed by atoms with van der Waals surface area (Å²) in [4.78, 5) is 3.93. The number of nitrogens with two attached hydrogens (primary N) is 1. The first-order valence-corrected chi connectivity index (χ1v) is 7.29. The van der Waals surface area contributed by atoms with Gasteiger partial charge in [0.15, 0.2) is 11.6 Å². The van der Waals surface area contributed by atoms with E-state index in [1.807, 2.05) is 6.92 Å². The minimum Gasteiger partial charge on any atom is -0.481 e. The largest absolute Gasteiger partial charge is 0.481 e. The third-order valence-electron chi connectivity index (χ3n) is 3.11. The molecule has 0 bridgehead atoms. The molecule has 0 fully saturated rings. The molecule has 2 atom stereocenters. The average molecular weight is 357 g/mol. The van der Waals surface area contributed by atoms with Gasteiger partial charge in [0.05, 0.1) is 0 Å². The number of hydrogen-bond acceptors (Lipinski definition) is 3. The summed E-state index contributed by atoms with van der Waals surface area (Å²) in [5.74, 6) is -2.17. The molecule has 1 heterocycles. The Labute approximate surface area is 130 Å². The topological polar surface area (TPSA) is 48.1 Å². The van der Waals surface area contributed by atoms with E-state index in [-0.39, 0.29) is 11.8 Å². The van der Waals surface area contributed by atoms with Crippen molar-refractivity contribution in [1.82, 2.24) is 4.98 Å². The van der Waals surface area contributed by atoms with Crippen molar-refractivity contribution in [3.63, 3.8) is 0 Å². The Balaban J connectivity index is 2.36. The highest BCUT2D eigenvalue weighted by atomic mass is 79.9. The Morgan fingerprint density at radius 2 is 1.95 bits per heavy atom. The van der Waals surface area contributed by atoms with Crippen molar-refractivity contribution in [3.05, 3.63) is 58.3 Å². The molecule has 2 rings (SSSR count). The van der Waals surface area contributed by atoms with Crippen molar-refractivity contribution in [3.8, 4) is 5.75 Å². The van der Waals surface area contributed by atoms with Gasteiger partial charge in [-0.15, -0.1) is 0 Å². The van der Waals surface area contributed by atoms with Crippen LogP contribution >= 0.6 is 15.9 Å². The molecule has 21 heavy (non-hydrogen) atoms. The fourth-order valence-electron chi connectivity index (χ4n) is 1.92. The second-order valence-electron chi connectivity index (χ2n) is 4.59. The van der Waals surface area contributed by atoms with Crippen LogP contribution in [0.25, 0.3) is 0 Å². The van der Waals surface area contributed by atoms with Crippen molar-refractivity contribution < 1.29 is 13.5 Å². The van der Waals surface area contributed by atoms with Crippen LogP contribution in [0, 0.1) is 11.6 Å². The molecule has 0 saturated carbocycles. The molecule has 3 nitrogen and oxygen atoms in total. The first-order valence-electron chi connectivity index (χ1n) is 6.49. The summed E-state index contributed by atoms with van der Waals surface area (Å²) in [6.45, 7) is 1.90. The molecule has 0 saturated heterocycles. The fourth-order valence-corrected chi connectivity index (χ4v) is 2.33. The Hall–Kier alpha value is -1.53. The maximum Gasteiger partial charge on any atom is 0.200 e. The summed E-state index contributed by atoms with van der Waals surface area (Å²) in [5.41, 5.74) is 6.81. The van der Waals surface area contributed by atoms with Crippen LogP contribution in [-0.2, 0) is 0 Å². The molecule has 0 radical (unpaired) electrons. The highest BCUT2D eigenvalue weighted by molar-refractivity contribution is 9.10. The zero-order valence-corrected chi connectivity index (χ0v) is 13.0. The summed E-state index contributed by atoms with van der Waals surface area (Å²) < 4.78 is 33.3. The number of pyridine rings is 1. The van der Waals surface area contributed by atoms with Gasteiger partial charge >= 0.3 is 0 Å². The molecule has 112 valence electrons. The van der Waals surface area contributed by atoms with E-state index in [9.17, 15) is 8.78 Å². The number of hydrogen-bond donors (Lipinski definition) is 1. The van der Waals surface area contributed by atoms with Crippen molar-refractivity contribution in [2.24, 2.45) is 5.73 Å². The van der Waals surface area contributed by atoms with Gasteiger partial charge in [-0.3, -0.25) is 4.98 Å². The predicted molar refractivity (Wildman–Crippen MR) is 79.9 cm³/mol. The van der Waals surface area contributed by atoms with Crippen LogP contribution in [0.2, 0.25) is 0 Å². The predicted octanol–water partition coefficient (Wildman–Crippen LogP) is 3.98. The van der Waals surface area contributed by atoms with E-state index in [1.165, 1.54) is 6.07 Å². The molecule has 2 aromatic rings. The first kappa shape index (κ1) is 15.9. The van der Waals surface area contributed by atoms with E-state index in [1.54, 1.807) is 24.5 Å². The second kappa shape index (κ2) is 6.95. The summed E-state index contributed by atoms with van der Waals surface area (Å²) in [6, 6.07) is 5.56. The van der Waals surface area contributed by atoms with Gasteiger partial charge in [-0.25, -0.2) is 4.39 Å². The first-order chi connectivity index (χ1) is 10.0. The lowest BCUT2D eigenvalue weighted by Crippen LogP contribution is -2.31. The maximum atomic E-state index is 13.9. The van der Waals surface area contributed by atoms with Crippen LogP contribution < -0.4 is 10.5 Å². The second-order valence-corrected chi connectivity index (χ2v) is 5.51. The van der Waals surface area contributed by atoms with Gasteiger partial charge in [0.25, 0.3) is 0 Å². The molecule has 0 amide bonds. The van der Waals surface area contributed by atoms with Crippen molar-refractivity contribution in [2.45, 2.75) is 25.5 Å². The van der Waals surface area contributed by atoms with Crippen LogP contribution in [0.1, 0.15) is 25.0 Å². The monoisotopic (exact) mass is 356 g/mol. The Morgan fingerprint density at radius 3 is 2.57 bits per heavy atom. The molecule has 6 heteroatoms. The Morgan fingerprint density at radius 1 is 1.29 bits per heavy atom. The third-order valence-corrected chi connectivity index (χ3v) is 3.57. The Kier molecular flexibility index (Phi) is 5.25. The number of rotatable bonds is 5. The van der Waals surface area contributed by atoms with E-state index < -0.39 is 17.7 Å². The van der Waals surface area contributed by atoms with Gasteiger partial charge in [0.1, 0.15) is 6.10 Å². The Bertz CT molecular complexity index is 610. The van der Waals surface area contributed by atoms with Gasteiger partial charge < -0.3 is 10.5 Å². The number of nitrogens with zero attached hydrogens (tertiary/aromatic N) is 1. The van der Waals surface area contributed by atoms with Gasteiger partial charge in [-0.1, -0.05) is 22.9 Å². The van der Waals surface area contributed by atoms with Crippen molar-refractivity contribution in [1.29, 1.82) is 0 Å². The minimum atomic E-state index is -1.03. The van der Waals surface area contributed by atoms with Crippen LogP contribution in [-0.4, -0.2) is 11.0 Å². The number of aromatic nitrogens is 1. The zero-order chi connectivity index (χ0) is 15.4. The summed E-state index contributed by atoms with van der Waals surface area (Å²) >= 11 is 3.12.